The Bertz CT molecular complexity index is 138. The van der Waals surface area contributed by atoms with Crippen LogP contribution in [0.15, 0.2) is 0 Å². The Kier molecular flexibility index (Phi) is 1.87. The first-order chi connectivity index (χ1) is 4.64. The van der Waals surface area contributed by atoms with Crippen LogP contribution in [-0.2, 0) is 4.79 Å². The highest BCUT2D eigenvalue weighted by Gasteiger charge is 2.39. The Hall–Kier alpha value is -0.670. The van der Waals surface area contributed by atoms with Crippen molar-refractivity contribution in [2.45, 2.75) is 31.2 Å². The van der Waals surface area contributed by atoms with Gasteiger partial charge in [-0.15, -0.1) is 0 Å². The van der Waals surface area contributed by atoms with Gasteiger partial charge in [0.2, 0.25) is 12.3 Å². The number of carbonyl (C=O) groups excluding carboxylic acids is 1. The zero-order chi connectivity index (χ0) is 7.61. The number of alkyl halides is 2. The number of hydrogen-bond acceptors (Lipinski definition) is 1. The lowest BCUT2D eigenvalue weighted by Crippen LogP contribution is -2.26. The van der Waals surface area contributed by atoms with Gasteiger partial charge >= 0.3 is 0 Å². The molecule has 1 saturated carbocycles. The summed E-state index contributed by atoms with van der Waals surface area (Å²) in [5, 5.41) is 2.34. The maximum Gasteiger partial charge on any atom is 0.250 e. The number of hydrogen-bond donors (Lipinski definition) is 1. The largest absolute Gasteiger partial charge is 0.356 e. The topological polar surface area (TPSA) is 29.1 Å². The van der Waals surface area contributed by atoms with Crippen molar-refractivity contribution in [2.75, 3.05) is 0 Å². The van der Waals surface area contributed by atoms with Crippen molar-refractivity contribution in [1.82, 2.24) is 5.32 Å². The van der Waals surface area contributed by atoms with E-state index in [1.54, 1.807) is 0 Å². The summed E-state index contributed by atoms with van der Waals surface area (Å²) in [7, 11) is 0. The maximum atomic E-state index is 12.4. The van der Waals surface area contributed by atoms with E-state index in [0.717, 1.165) is 0 Å². The van der Waals surface area contributed by atoms with Gasteiger partial charge in [-0.05, 0) is 6.42 Å². The van der Waals surface area contributed by atoms with E-state index in [2.05, 4.69) is 5.32 Å². The summed E-state index contributed by atoms with van der Waals surface area (Å²) >= 11 is 0. The molecule has 1 aliphatic carbocycles. The predicted molar refractivity (Wildman–Crippen MR) is 31.8 cm³/mol. The summed E-state index contributed by atoms with van der Waals surface area (Å²) in [6.07, 6.45) is 0.571. The molecule has 0 aromatic carbocycles. The molecule has 0 aromatic rings. The van der Waals surface area contributed by atoms with Crippen LogP contribution < -0.4 is 5.32 Å². The molecule has 1 rings (SSSR count). The second-order valence-electron chi connectivity index (χ2n) is 2.58. The van der Waals surface area contributed by atoms with Crippen LogP contribution in [0.2, 0.25) is 0 Å². The fourth-order valence-corrected chi connectivity index (χ4v) is 1.19. The molecule has 1 aliphatic rings. The van der Waals surface area contributed by atoms with Gasteiger partial charge in [0.15, 0.2) is 0 Å². The molecule has 1 fully saturated rings. The quantitative estimate of drug-likeness (QED) is 0.581. The van der Waals surface area contributed by atoms with Crippen molar-refractivity contribution in [3.8, 4) is 0 Å². The number of rotatable bonds is 2. The molecule has 2 nitrogen and oxygen atoms in total. The molecule has 0 bridgehead atoms. The molecule has 0 aromatic heterocycles. The number of carbonyl (C=O) groups is 1. The highest BCUT2D eigenvalue weighted by atomic mass is 19.3. The van der Waals surface area contributed by atoms with Crippen LogP contribution in [0.25, 0.3) is 0 Å². The molecule has 0 heterocycles. The van der Waals surface area contributed by atoms with Gasteiger partial charge in [-0.1, -0.05) is 0 Å². The average molecular weight is 149 g/mol. The smallest absolute Gasteiger partial charge is 0.250 e. The second-order valence-corrected chi connectivity index (χ2v) is 2.58. The van der Waals surface area contributed by atoms with Gasteiger partial charge < -0.3 is 5.32 Å². The molecule has 0 aliphatic heterocycles. The highest BCUT2D eigenvalue weighted by molar-refractivity contribution is 5.46. The summed E-state index contributed by atoms with van der Waals surface area (Å²) in [5.41, 5.74) is 0. The first-order valence-corrected chi connectivity index (χ1v) is 3.21. The van der Waals surface area contributed by atoms with E-state index in [9.17, 15) is 13.6 Å². The minimum Gasteiger partial charge on any atom is -0.356 e. The van der Waals surface area contributed by atoms with E-state index in [1.807, 2.05) is 0 Å². The van der Waals surface area contributed by atoms with Gasteiger partial charge in [0, 0.05) is 18.9 Å². The molecule has 58 valence electrons. The Morgan fingerprint density at radius 1 is 1.60 bits per heavy atom. The fraction of sp³-hybridized carbons (Fsp3) is 0.833. The van der Waals surface area contributed by atoms with E-state index in [0.29, 0.717) is 12.8 Å². The number of amides is 1. The molecule has 1 N–H and O–H groups in total. The van der Waals surface area contributed by atoms with Crippen molar-refractivity contribution < 1.29 is 13.6 Å². The van der Waals surface area contributed by atoms with E-state index in [4.69, 9.17) is 0 Å². The van der Waals surface area contributed by atoms with Crippen LogP contribution in [0.3, 0.4) is 0 Å². The van der Waals surface area contributed by atoms with Crippen molar-refractivity contribution in [2.24, 2.45) is 0 Å². The molecule has 0 spiro atoms. The van der Waals surface area contributed by atoms with Crippen molar-refractivity contribution in [1.29, 1.82) is 0 Å². The average Bonchev–Trinajstić information content (AvgIpc) is 2.12. The highest BCUT2D eigenvalue weighted by Crippen LogP contribution is 2.34. The van der Waals surface area contributed by atoms with Crippen LogP contribution in [0.5, 0.6) is 0 Å². The van der Waals surface area contributed by atoms with E-state index in [-0.39, 0.29) is 18.9 Å². The lowest BCUT2D eigenvalue weighted by molar-refractivity contribution is -0.110. The molecule has 0 unspecified atom stereocenters. The lowest BCUT2D eigenvalue weighted by atomic mass is 10.2. The van der Waals surface area contributed by atoms with Gasteiger partial charge in [0.25, 0.3) is 0 Å². The molecule has 1 amide bonds. The summed E-state index contributed by atoms with van der Waals surface area (Å²) in [5.74, 6) is -2.55. The SMILES string of the molecule is O=CN[C@@H]1CCC(F)(F)C1. The molecule has 0 radical (unpaired) electrons. The summed E-state index contributed by atoms with van der Waals surface area (Å²) < 4.78 is 24.7. The monoisotopic (exact) mass is 149 g/mol. The van der Waals surface area contributed by atoms with Gasteiger partial charge in [-0.3, -0.25) is 4.79 Å². The lowest BCUT2D eigenvalue weighted by Gasteiger charge is -2.08. The minimum absolute atomic E-state index is 0.0987. The third-order valence-electron chi connectivity index (χ3n) is 1.71. The Labute approximate surface area is 57.6 Å². The van der Waals surface area contributed by atoms with E-state index < -0.39 is 5.92 Å². The van der Waals surface area contributed by atoms with Crippen molar-refractivity contribution >= 4 is 6.41 Å². The van der Waals surface area contributed by atoms with Gasteiger partial charge in [0.1, 0.15) is 0 Å². The summed E-state index contributed by atoms with van der Waals surface area (Å²) in [4.78, 5) is 9.82. The molecule has 0 saturated heterocycles. The standard InChI is InChI=1S/C6H9F2NO/c7-6(8)2-1-5(3-6)9-4-10/h4-5H,1-3H2,(H,9,10)/t5-/m1/s1. The normalized spacial score (nSPS) is 30.0. The van der Waals surface area contributed by atoms with E-state index in [1.165, 1.54) is 0 Å². The van der Waals surface area contributed by atoms with Crippen LogP contribution in [-0.4, -0.2) is 18.4 Å². The van der Waals surface area contributed by atoms with Crippen molar-refractivity contribution in [3.05, 3.63) is 0 Å². The number of halogens is 2. The van der Waals surface area contributed by atoms with Crippen LogP contribution in [0.4, 0.5) is 8.78 Å². The molecule has 10 heavy (non-hydrogen) atoms. The Morgan fingerprint density at radius 3 is 2.70 bits per heavy atom. The zero-order valence-corrected chi connectivity index (χ0v) is 5.44. The first kappa shape index (κ1) is 7.44. The zero-order valence-electron chi connectivity index (χ0n) is 5.44. The molecular weight excluding hydrogens is 140 g/mol. The third kappa shape index (κ3) is 1.65. The van der Waals surface area contributed by atoms with Crippen molar-refractivity contribution in [3.63, 3.8) is 0 Å². The Balaban J connectivity index is 2.35. The minimum atomic E-state index is -2.55. The van der Waals surface area contributed by atoms with Crippen LogP contribution in [0, 0.1) is 0 Å². The van der Waals surface area contributed by atoms with E-state index >= 15 is 0 Å². The summed E-state index contributed by atoms with van der Waals surface area (Å²) in [6, 6.07) is -0.313. The van der Waals surface area contributed by atoms with Crippen LogP contribution in [0.1, 0.15) is 19.3 Å². The maximum absolute atomic E-state index is 12.4. The number of nitrogens with one attached hydrogen (secondary N) is 1. The third-order valence-corrected chi connectivity index (χ3v) is 1.71. The summed E-state index contributed by atoms with van der Waals surface area (Å²) in [6.45, 7) is 0. The molecule has 4 heteroatoms. The molecule has 1 atom stereocenters. The Morgan fingerprint density at radius 2 is 2.30 bits per heavy atom. The van der Waals surface area contributed by atoms with Gasteiger partial charge in [-0.2, -0.15) is 0 Å². The second kappa shape index (κ2) is 2.52. The van der Waals surface area contributed by atoms with Gasteiger partial charge in [0.05, 0.1) is 0 Å². The fourth-order valence-electron chi connectivity index (χ4n) is 1.19. The molecular formula is C6H9F2NO. The van der Waals surface area contributed by atoms with Crippen LogP contribution >= 0.6 is 0 Å². The van der Waals surface area contributed by atoms with Gasteiger partial charge in [-0.25, -0.2) is 8.78 Å². The first-order valence-electron chi connectivity index (χ1n) is 3.21. The predicted octanol–water partition coefficient (Wildman–Crippen LogP) is 0.920.